The number of rotatable bonds is 4. The lowest BCUT2D eigenvalue weighted by atomic mass is 9.97. The summed E-state index contributed by atoms with van der Waals surface area (Å²) in [5.74, 6) is -0.0214. The Labute approximate surface area is 104 Å². The highest BCUT2D eigenvalue weighted by molar-refractivity contribution is 5.95. The number of carbonyl (C=O) groups excluding carboxylic acids is 1. The van der Waals surface area contributed by atoms with Gasteiger partial charge in [0.1, 0.15) is 0 Å². The number of anilines is 1. The molecule has 0 spiro atoms. The van der Waals surface area contributed by atoms with E-state index in [-0.39, 0.29) is 11.3 Å². The van der Waals surface area contributed by atoms with Crippen molar-refractivity contribution in [3.8, 4) is 0 Å². The third-order valence-electron chi connectivity index (χ3n) is 2.28. The van der Waals surface area contributed by atoms with E-state index in [9.17, 15) is 4.79 Å². The van der Waals surface area contributed by atoms with Crippen molar-refractivity contribution in [2.45, 2.75) is 27.7 Å². The van der Waals surface area contributed by atoms with Crippen molar-refractivity contribution < 1.29 is 4.79 Å². The molecular weight excluding hydrogens is 212 g/mol. The Morgan fingerprint density at radius 3 is 2.59 bits per heavy atom. The molecule has 94 valence electrons. The van der Waals surface area contributed by atoms with E-state index in [4.69, 9.17) is 0 Å². The predicted octanol–water partition coefficient (Wildman–Crippen LogP) is 2.89. The second-order valence-corrected chi connectivity index (χ2v) is 5.35. The van der Waals surface area contributed by atoms with E-state index in [1.54, 1.807) is 0 Å². The highest BCUT2D eigenvalue weighted by Crippen LogP contribution is 2.16. The van der Waals surface area contributed by atoms with Gasteiger partial charge in [0.15, 0.2) is 0 Å². The summed E-state index contributed by atoms with van der Waals surface area (Å²) in [6.45, 7) is 9.97. The summed E-state index contributed by atoms with van der Waals surface area (Å²) in [7, 11) is 0. The number of hydrogen-bond acceptors (Lipinski definition) is 2. The zero-order valence-electron chi connectivity index (χ0n) is 11.1. The highest BCUT2D eigenvalue weighted by Gasteiger charge is 2.10. The van der Waals surface area contributed by atoms with Crippen molar-refractivity contribution in [1.29, 1.82) is 0 Å². The third kappa shape index (κ3) is 4.89. The van der Waals surface area contributed by atoms with Crippen LogP contribution in [0.1, 0.15) is 38.1 Å². The average molecular weight is 234 g/mol. The molecule has 0 radical (unpaired) electrons. The van der Waals surface area contributed by atoms with Crippen molar-refractivity contribution in [3.05, 3.63) is 29.8 Å². The maximum Gasteiger partial charge on any atom is 0.251 e. The monoisotopic (exact) mass is 234 g/mol. The molecule has 0 heterocycles. The van der Waals surface area contributed by atoms with E-state index in [1.807, 2.05) is 31.2 Å². The van der Waals surface area contributed by atoms with Crippen molar-refractivity contribution in [3.63, 3.8) is 0 Å². The lowest BCUT2D eigenvalue weighted by Gasteiger charge is -2.19. The van der Waals surface area contributed by atoms with Crippen LogP contribution in [0.2, 0.25) is 0 Å². The average Bonchev–Trinajstić information content (AvgIpc) is 2.26. The van der Waals surface area contributed by atoms with Gasteiger partial charge in [-0.05, 0) is 30.5 Å². The fourth-order valence-electron chi connectivity index (χ4n) is 1.40. The summed E-state index contributed by atoms with van der Waals surface area (Å²) >= 11 is 0. The van der Waals surface area contributed by atoms with Gasteiger partial charge < -0.3 is 10.6 Å². The van der Waals surface area contributed by atoms with Crippen LogP contribution in [0.4, 0.5) is 5.69 Å². The van der Waals surface area contributed by atoms with Crippen molar-refractivity contribution in [1.82, 2.24) is 5.32 Å². The molecule has 0 aliphatic carbocycles. The molecule has 1 rings (SSSR count). The minimum Gasteiger partial charge on any atom is -0.385 e. The molecular formula is C14H22N2O. The predicted molar refractivity (Wildman–Crippen MR) is 72.4 cm³/mol. The summed E-state index contributed by atoms with van der Waals surface area (Å²) in [5, 5.41) is 6.14. The summed E-state index contributed by atoms with van der Waals surface area (Å²) < 4.78 is 0. The van der Waals surface area contributed by atoms with Crippen LogP contribution in [0.5, 0.6) is 0 Å². The van der Waals surface area contributed by atoms with Gasteiger partial charge in [-0.15, -0.1) is 0 Å². The van der Waals surface area contributed by atoms with Crippen molar-refractivity contribution in [2.75, 3.05) is 18.4 Å². The molecule has 0 aliphatic heterocycles. The standard InChI is InChI=1S/C14H22N2O/c1-5-15-13(17)11-7-6-8-12(9-11)16-10-14(2,3)4/h6-9,16H,5,10H2,1-4H3,(H,15,17). The molecule has 2 N–H and O–H groups in total. The van der Waals surface area contributed by atoms with Gasteiger partial charge in [-0.2, -0.15) is 0 Å². The molecule has 0 unspecified atom stereocenters. The highest BCUT2D eigenvalue weighted by atomic mass is 16.1. The van der Waals surface area contributed by atoms with E-state index >= 15 is 0 Å². The van der Waals surface area contributed by atoms with Crippen LogP contribution in [0, 0.1) is 5.41 Å². The van der Waals surface area contributed by atoms with Crippen LogP contribution in [0.3, 0.4) is 0 Å². The van der Waals surface area contributed by atoms with Crippen LogP contribution in [0.15, 0.2) is 24.3 Å². The number of amides is 1. The minimum absolute atomic E-state index is 0.0214. The first kappa shape index (κ1) is 13.6. The van der Waals surface area contributed by atoms with Crippen molar-refractivity contribution in [2.24, 2.45) is 5.41 Å². The molecule has 17 heavy (non-hydrogen) atoms. The van der Waals surface area contributed by atoms with Gasteiger partial charge in [-0.1, -0.05) is 26.8 Å². The van der Waals surface area contributed by atoms with Gasteiger partial charge in [0.25, 0.3) is 5.91 Å². The lowest BCUT2D eigenvalue weighted by molar-refractivity contribution is 0.0956. The molecule has 1 aromatic carbocycles. The Balaban J connectivity index is 2.69. The maximum absolute atomic E-state index is 11.7. The molecule has 0 bridgehead atoms. The Hall–Kier alpha value is -1.51. The van der Waals surface area contributed by atoms with Gasteiger partial charge in [0, 0.05) is 24.3 Å². The van der Waals surface area contributed by atoms with Crippen LogP contribution in [0.25, 0.3) is 0 Å². The minimum atomic E-state index is -0.0214. The molecule has 0 atom stereocenters. The molecule has 3 nitrogen and oxygen atoms in total. The topological polar surface area (TPSA) is 41.1 Å². The molecule has 0 fully saturated rings. The van der Waals surface area contributed by atoms with Gasteiger partial charge >= 0.3 is 0 Å². The van der Waals surface area contributed by atoms with Crippen LogP contribution < -0.4 is 10.6 Å². The largest absolute Gasteiger partial charge is 0.385 e. The zero-order valence-corrected chi connectivity index (χ0v) is 11.1. The first-order valence-electron chi connectivity index (χ1n) is 6.04. The molecule has 0 saturated carbocycles. The number of nitrogens with one attached hydrogen (secondary N) is 2. The fourth-order valence-corrected chi connectivity index (χ4v) is 1.40. The fraction of sp³-hybridized carbons (Fsp3) is 0.500. The Kier molecular flexibility index (Phi) is 4.55. The number of hydrogen-bond donors (Lipinski definition) is 2. The van der Waals surface area contributed by atoms with Gasteiger partial charge in [-0.3, -0.25) is 4.79 Å². The second kappa shape index (κ2) is 5.71. The van der Waals surface area contributed by atoms with Crippen molar-refractivity contribution >= 4 is 11.6 Å². The smallest absolute Gasteiger partial charge is 0.251 e. The Morgan fingerprint density at radius 2 is 2.00 bits per heavy atom. The van der Waals surface area contributed by atoms with Crippen LogP contribution >= 0.6 is 0 Å². The number of benzene rings is 1. The molecule has 0 aromatic heterocycles. The first-order valence-corrected chi connectivity index (χ1v) is 6.04. The van der Waals surface area contributed by atoms with Gasteiger partial charge in [-0.25, -0.2) is 0 Å². The summed E-state index contributed by atoms with van der Waals surface area (Å²) in [5.41, 5.74) is 1.91. The molecule has 3 heteroatoms. The summed E-state index contributed by atoms with van der Waals surface area (Å²) in [6, 6.07) is 7.59. The van der Waals surface area contributed by atoms with Crippen LogP contribution in [-0.2, 0) is 0 Å². The van der Waals surface area contributed by atoms with E-state index in [2.05, 4.69) is 31.4 Å². The Bertz CT molecular complexity index is 380. The van der Waals surface area contributed by atoms with E-state index in [0.29, 0.717) is 12.1 Å². The van der Waals surface area contributed by atoms with Gasteiger partial charge in [0.2, 0.25) is 0 Å². The maximum atomic E-state index is 11.7. The quantitative estimate of drug-likeness (QED) is 0.841. The number of carbonyl (C=O) groups is 1. The zero-order chi connectivity index (χ0) is 12.9. The van der Waals surface area contributed by atoms with E-state index in [1.165, 1.54) is 0 Å². The molecule has 0 saturated heterocycles. The molecule has 1 aromatic rings. The second-order valence-electron chi connectivity index (χ2n) is 5.35. The van der Waals surface area contributed by atoms with Crippen LogP contribution in [-0.4, -0.2) is 19.0 Å². The van der Waals surface area contributed by atoms with Gasteiger partial charge in [0.05, 0.1) is 0 Å². The third-order valence-corrected chi connectivity index (χ3v) is 2.28. The molecule has 0 aliphatic rings. The Morgan fingerprint density at radius 1 is 1.29 bits per heavy atom. The lowest BCUT2D eigenvalue weighted by Crippen LogP contribution is -2.23. The van der Waals surface area contributed by atoms with E-state index < -0.39 is 0 Å². The summed E-state index contributed by atoms with van der Waals surface area (Å²) in [6.07, 6.45) is 0. The first-order chi connectivity index (χ1) is 7.92. The van der Waals surface area contributed by atoms with E-state index in [0.717, 1.165) is 12.2 Å². The summed E-state index contributed by atoms with van der Waals surface area (Å²) in [4.78, 5) is 11.7. The normalized spacial score (nSPS) is 11.1. The molecule has 1 amide bonds. The SMILES string of the molecule is CCNC(=O)c1cccc(NCC(C)(C)C)c1.